The second-order valence-corrected chi connectivity index (χ2v) is 7.28. The van der Waals surface area contributed by atoms with Crippen LogP contribution in [-0.2, 0) is 9.53 Å². The monoisotopic (exact) mass is 347 g/mol. The number of carbonyl (C=O) groups excluding carboxylic acids is 1. The number of esters is 1. The topological polar surface area (TPSA) is 57.0 Å². The van der Waals surface area contributed by atoms with Crippen LogP contribution in [0.2, 0.25) is 0 Å². The summed E-state index contributed by atoms with van der Waals surface area (Å²) >= 11 is 1.44. The van der Waals surface area contributed by atoms with Gasteiger partial charge in [-0.25, -0.2) is 14.1 Å². The lowest BCUT2D eigenvalue weighted by Crippen LogP contribution is -2.08. The van der Waals surface area contributed by atoms with E-state index in [-0.39, 0.29) is 23.2 Å². The average Bonchev–Trinajstić information content (AvgIpc) is 3.12. The van der Waals surface area contributed by atoms with Crippen LogP contribution in [0.3, 0.4) is 0 Å². The quantitative estimate of drug-likeness (QED) is 0.777. The van der Waals surface area contributed by atoms with Crippen molar-refractivity contribution in [2.24, 2.45) is 5.92 Å². The van der Waals surface area contributed by atoms with E-state index in [2.05, 4.69) is 10.1 Å². The summed E-state index contributed by atoms with van der Waals surface area (Å²) in [4.78, 5) is 16.0. The number of hydrogen-bond acceptors (Lipinski definition) is 5. The van der Waals surface area contributed by atoms with Crippen LogP contribution in [0, 0.1) is 5.92 Å². The molecule has 0 saturated heterocycles. The third-order valence-corrected chi connectivity index (χ3v) is 5.61. The molecule has 2 aliphatic rings. The molecule has 0 N–H and O–H groups in total. The Labute approximate surface area is 143 Å². The fourth-order valence-electron chi connectivity index (χ4n) is 3.10. The molecular weight excluding hydrogens is 329 g/mol. The Morgan fingerprint density at radius 2 is 2.17 bits per heavy atom. The van der Waals surface area contributed by atoms with Crippen molar-refractivity contribution >= 4 is 17.7 Å². The normalized spacial score (nSPS) is 27.8. The SMILES string of the molecule is CCOC(=O)C1CC1Sc1nc2n(n1)[C@H](c1ccccc1)C[C@@H]2F. The Kier molecular flexibility index (Phi) is 4.04. The number of halogens is 1. The number of thioether (sulfide) groups is 1. The smallest absolute Gasteiger partial charge is 0.310 e. The van der Waals surface area contributed by atoms with Crippen molar-refractivity contribution in [2.45, 2.75) is 42.4 Å². The maximum atomic E-state index is 14.3. The van der Waals surface area contributed by atoms with Crippen molar-refractivity contribution in [1.29, 1.82) is 0 Å². The third kappa shape index (κ3) is 2.81. The van der Waals surface area contributed by atoms with Gasteiger partial charge in [0.2, 0.25) is 5.16 Å². The van der Waals surface area contributed by atoms with Crippen LogP contribution < -0.4 is 0 Å². The second-order valence-electron chi connectivity index (χ2n) is 6.08. The van der Waals surface area contributed by atoms with Crippen molar-refractivity contribution in [1.82, 2.24) is 14.8 Å². The largest absolute Gasteiger partial charge is 0.466 e. The number of ether oxygens (including phenoxy) is 1. The van der Waals surface area contributed by atoms with E-state index in [1.54, 1.807) is 11.6 Å². The van der Waals surface area contributed by atoms with Gasteiger partial charge in [0, 0.05) is 11.7 Å². The lowest BCUT2D eigenvalue weighted by atomic mass is 10.0. The zero-order valence-electron chi connectivity index (χ0n) is 13.3. The molecule has 1 aliphatic heterocycles. The first-order valence-electron chi connectivity index (χ1n) is 8.16. The lowest BCUT2D eigenvalue weighted by molar-refractivity contribution is -0.144. The van der Waals surface area contributed by atoms with E-state index >= 15 is 0 Å². The number of fused-ring (bicyclic) bond motifs is 1. The van der Waals surface area contributed by atoms with Gasteiger partial charge in [-0.15, -0.1) is 5.10 Å². The molecule has 5 nitrogen and oxygen atoms in total. The first-order valence-corrected chi connectivity index (χ1v) is 9.04. The summed E-state index contributed by atoms with van der Waals surface area (Å²) in [6, 6.07) is 9.69. The molecule has 1 aliphatic carbocycles. The van der Waals surface area contributed by atoms with Crippen LogP contribution in [0.4, 0.5) is 4.39 Å². The number of aromatic nitrogens is 3. The molecule has 4 atom stereocenters. The third-order valence-electron chi connectivity index (χ3n) is 4.41. The Bertz CT molecular complexity index is 752. The van der Waals surface area contributed by atoms with Gasteiger partial charge in [-0.2, -0.15) is 0 Å². The van der Waals surface area contributed by atoms with Gasteiger partial charge >= 0.3 is 5.97 Å². The van der Waals surface area contributed by atoms with Crippen molar-refractivity contribution < 1.29 is 13.9 Å². The van der Waals surface area contributed by atoms with Crippen LogP contribution in [-0.4, -0.2) is 32.6 Å². The highest BCUT2D eigenvalue weighted by Crippen LogP contribution is 2.46. The zero-order chi connectivity index (χ0) is 16.7. The molecule has 1 fully saturated rings. The van der Waals surface area contributed by atoms with E-state index in [1.165, 1.54) is 11.8 Å². The van der Waals surface area contributed by atoms with Crippen molar-refractivity contribution in [3.05, 3.63) is 41.7 Å². The van der Waals surface area contributed by atoms with Crippen LogP contribution in [0.1, 0.15) is 43.4 Å². The Balaban J connectivity index is 1.49. The minimum Gasteiger partial charge on any atom is -0.466 e. The number of carbonyl (C=O) groups is 1. The predicted molar refractivity (Wildman–Crippen MR) is 87.5 cm³/mol. The number of nitrogens with zero attached hydrogens (tertiary/aromatic N) is 3. The molecule has 4 rings (SSSR count). The number of rotatable bonds is 5. The Morgan fingerprint density at radius 1 is 1.38 bits per heavy atom. The van der Waals surface area contributed by atoms with E-state index in [9.17, 15) is 9.18 Å². The van der Waals surface area contributed by atoms with Crippen LogP contribution in [0.25, 0.3) is 0 Å². The van der Waals surface area contributed by atoms with Gasteiger partial charge in [-0.3, -0.25) is 4.79 Å². The number of alkyl halides is 1. The van der Waals surface area contributed by atoms with E-state index < -0.39 is 6.17 Å². The van der Waals surface area contributed by atoms with Crippen molar-refractivity contribution in [2.75, 3.05) is 6.61 Å². The summed E-state index contributed by atoms with van der Waals surface area (Å²) < 4.78 is 21.0. The molecule has 2 unspecified atom stereocenters. The van der Waals surface area contributed by atoms with E-state index in [1.807, 2.05) is 30.3 Å². The molecule has 0 bridgehead atoms. The summed E-state index contributed by atoms with van der Waals surface area (Å²) in [6.07, 6.45) is 0.0466. The molecule has 1 saturated carbocycles. The van der Waals surface area contributed by atoms with Crippen molar-refractivity contribution in [3.8, 4) is 0 Å². The highest BCUT2D eigenvalue weighted by molar-refractivity contribution is 8.00. The molecule has 2 aromatic rings. The standard InChI is InChI=1S/C17H18FN3O2S/c1-2-23-16(22)11-8-14(11)24-17-19-15-12(18)9-13(21(15)20-17)10-6-4-3-5-7-10/h3-7,11-14H,2,8-9H2,1H3/t11?,12-,13-,14?/m0/s1. The van der Waals surface area contributed by atoms with Gasteiger partial charge in [0.15, 0.2) is 12.0 Å². The fourth-order valence-corrected chi connectivity index (χ4v) is 4.23. The summed E-state index contributed by atoms with van der Waals surface area (Å²) in [5.74, 6) is 0.145. The molecule has 126 valence electrons. The average molecular weight is 347 g/mol. The second kappa shape index (κ2) is 6.20. The van der Waals surface area contributed by atoms with Gasteiger partial charge in [0.1, 0.15) is 0 Å². The number of benzene rings is 1. The van der Waals surface area contributed by atoms with E-state index in [4.69, 9.17) is 4.74 Å². The molecule has 1 aromatic carbocycles. The number of hydrogen-bond donors (Lipinski definition) is 0. The molecule has 0 spiro atoms. The minimum absolute atomic E-state index is 0.0839. The first-order chi connectivity index (χ1) is 11.7. The summed E-state index contributed by atoms with van der Waals surface area (Å²) in [5, 5.41) is 5.18. The molecular formula is C17H18FN3O2S. The lowest BCUT2D eigenvalue weighted by Gasteiger charge is -2.11. The van der Waals surface area contributed by atoms with Gasteiger partial charge < -0.3 is 4.74 Å². The molecule has 0 amide bonds. The Hall–Kier alpha value is -1.89. The summed E-state index contributed by atoms with van der Waals surface area (Å²) in [5.41, 5.74) is 1.04. The molecule has 24 heavy (non-hydrogen) atoms. The van der Waals surface area contributed by atoms with Crippen LogP contribution >= 0.6 is 11.8 Å². The highest BCUT2D eigenvalue weighted by atomic mass is 32.2. The molecule has 1 aromatic heterocycles. The highest BCUT2D eigenvalue weighted by Gasteiger charge is 2.46. The first kappa shape index (κ1) is 15.6. The summed E-state index contributed by atoms with van der Waals surface area (Å²) in [6.45, 7) is 2.20. The zero-order valence-corrected chi connectivity index (χ0v) is 14.1. The maximum absolute atomic E-state index is 14.3. The van der Waals surface area contributed by atoms with Gasteiger partial charge in [0.05, 0.1) is 18.6 Å². The Morgan fingerprint density at radius 3 is 2.92 bits per heavy atom. The minimum atomic E-state index is -1.10. The fraction of sp³-hybridized carbons (Fsp3) is 0.471. The predicted octanol–water partition coefficient (Wildman–Crippen LogP) is 3.33. The summed E-state index contributed by atoms with van der Waals surface area (Å²) in [7, 11) is 0. The van der Waals surface area contributed by atoms with Crippen LogP contribution in [0.5, 0.6) is 0 Å². The van der Waals surface area contributed by atoms with Crippen molar-refractivity contribution in [3.63, 3.8) is 0 Å². The van der Waals surface area contributed by atoms with E-state index in [0.29, 0.717) is 24.0 Å². The maximum Gasteiger partial charge on any atom is 0.310 e. The van der Waals surface area contributed by atoms with E-state index in [0.717, 1.165) is 12.0 Å². The molecule has 2 heterocycles. The van der Waals surface area contributed by atoms with Gasteiger partial charge in [-0.05, 0) is 18.9 Å². The van der Waals surface area contributed by atoms with Gasteiger partial charge in [0.25, 0.3) is 0 Å². The molecule has 0 radical (unpaired) electrons. The van der Waals surface area contributed by atoms with Gasteiger partial charge in [-0.1, -0.05) is 42.1 Å². The van der Waals surface area contributed by atoms with Crippen LogP contribution in [0.15, 0.2) is 35.5 Å². The molecule has 7 heteroatoms.